The topological polar surface area (TPSA) is 84.9 Å². The smallest absolute Gasteiger partial charge is 0.333 e. The van der Waals surface area contributed by atoms with Gasteiger partial charge in [0.15, 0.2) is 0 Å². The Kier molecular flexibility index (Phi) is 5.35. The van der Waals surface area contributed by atoms with Crippen LogP contribution in [-0.4, -0.2) is 38.3 Å². The van der Waals surface area contributed by atoms with Crippen molar-refractivity contribution in [3.05, 3.63) is 29.3 Å². The highest BCUT2D eigenvalue weighted by atomic mass is 32.2. The van der Waals surface area contributed by atoms with Crippen LogP contribution in [-0.2, 0) is 26.9 Å². The molecule has 1 aliphatic heterocycles. The minimum atomic E-state index is -4.26. The average molecular weight is 343 g/mol. The van der Waals surface area contributed by atoms with E-state index in [9.17, 15) is 8.42 Å². The molecular weight excluding hydrogens is 318 g/mol. The van der Waals surface area contributed by atoms with E-state index in [1.54, 1.807) is 0 Å². The Hall–Kier alpha value is -1.15. The molecule has 7 heteroatoms. The van der Waals surface area contributed by atoms with Gasteiger partial charge in [0.1, 0.15) is 5.75 Å². The predicted octanol–water partition coefficient (Wildman–Crippen LogP) is 2.09. The molecule has 1 aromatic rings. The number of ether oxygens (including phenoxy) is 2. The first-order chi connectivity index (χ1) is 10.6. The van der Waals surface area contributed by atoms with E-state index in [-0.39, 0.29) is 12.6 Å². The summed E-state index contributed by atoms with van der Waals surface area (Å²) in [5.74, 6) is 0.905. The van der Waals surface area contributed by atoms with Gasteiger partial charge in [-0.3, -0.25) is 4.55 Å². The molecule has 0 spiro atoms. The molecule has 2 N–H and O–H groups in total. The van der Waals surface area contributed by atoms with Crippen LogP contribution in [0.3, 0.4) is 0 Å². The number of hydrogen-bond donors (Lipinski definition) is 2. The van der Waals surface area contributed by atoms with Gasteiger partial charge < -0.3 is 9.47 Å². The molecule has 0 aromatic heterocycles. The van der Waals surface area contributed by atoms with Crippen molar-refractivity contribution in [1.82, 2.24) is 4.72 Å². The third kappa shape index (κ3) is 4.67. The van der Waals surface area contributed by atoms with E-state index in [0.29, 0.717) is 6.61 Å². The summed E-state index contributed by atoms with van der Waals surface area (Å²) < 4.78 is 44.6. The monoisotopic (exact) mass is 343 g/mol. The molecule has 130 valence electrons. The van der Waals surface area contributed by atoms with Crippen molar-refractivity contribution in [2.75, 3.05) is 13.2 Å². The zero-order chi connectivity index (χ0) is 17.3. The van der Waals surface area contributed by atoms with Crippen molar-refractivity contribution in [1.29, 1.82) is 0 Å². The number of benzene rings is 1. The molecule has 0 saturated carbocycles. The second-order valence-electron chi connectivity index (χ2n) is 6.64. The summed E-state index contributed by atoms with van der Waals surface area (Å²) in [6.07, 6.45) is 0.378. The van der Waals surface area contributed by atoms with Crippen molar-refractivity contribution in [2.45, 2.75) is 51.7 Å². The number of fused-ring (bicyclic) bond motifs is 1. The van der Waals surface area contributed by atoms with Gasteiger partial charge in [0.05, 0.1) is 18.8 Å². The molecule has 0 fully saturated rings. The summed E-state index contributed by atoms with van der Waals surface area (Å²) in [5, 5.41) is 0. The highest BCUT2D eigenvalue weighted by Gasteiger charge is 2.34. The molecule has 1 atom stereocenters. The van der Waals surface area contributed by atoms with Crippen molar-refractivity contribution < 1.29 is 22.4 Å². The molecule has 1 aliphatic rings. The first-order valence-corrected chi connectivity index (χ1v) is 9.17. The fraction of sp³-hybridized carbons (Fsp3) is 0.625. The highest BCUT2D eigenvalue weighted by Crippen LogP contribution is 2.34. The molecule has 0 aliphatic carbocycles. The molecule has 1 aromatic carbocycles. The number of rotatable bonds is 7. The predicted molar refractivity (Wildman–Crippen MR) is 88.2 cm³/mol. The van der Waals surface area contributed by atoms with Crippen molar-refractivity contribution in [2.24, 2.45) is 0 Å². The first kappa shape index (κ1) is 18.2. The van der Waals surface area contributed by atoms with Gasteiger partial charge in [0.25, 0.3) is 0 Å². The molecule has 2 rings (SSSR count). The molecule has 0 bridgehead atoms. The van der Waals surface area contributed by atoms with E-state index in [0.717, 1.165) is 23.3 Å². The maximum absolute atomic E-state index is 11.0. The third-order valence-corrected chi connectivity index (χ3v) is 4.66. The van der Waals surface area contributed by atoms with Gasteiger partial charge in [-0.25, -0.2) is 0 Å². The quantitative estimate of drug-likeness (QED) is 0.741. The van der Waals surface area contributed by atoms with Crippen molar-refractivity contribution in [3.63, 3.8) is 0 Å². The van der Waals surface area contributed by atoms with Gasteiger partial charge in [0.2, 0.25) is 0 Å². The minimum Gasteiger partial charge on any atom is -0.493 e. The van der Waals surface area contributed by atoms with E-state index in [1.807, 2.05) is 39.8 Å². The first-order valence-electron chi connectivity index (χ1n) is 7.73. The van der Waals surface area contributed by atoms with Crippen LogP contribution in [0.5, 0.6) is 5.75 Å². The molecule has 1 heterocycles. The Morgan fingerprint density at radius 1 is 1.39 bits per heavy atom. The summed E-state index contributed by atoms with van der Waals surface area (Å²) in [5.41, 5.74) is 1.76. The van der Waals surface area contributed by atoms with Crippen LogP contribution in [0.4, 0.5) is 0 Å². The second kappa shape index (κ2) is 6.76. The Morgan fingerprint density at radius 2 is 2.09 bits per heavy atom. The van der Waals surface area contributed by atoms with Crippen molar-refractivity contribution in [3.8, 4) is 5.75 Å². The zero-order valence-electron chi connectivity index (χ0n) is 14.0. The van der Waals surface area contributed by atoms with Gasteiger partial charge in [-0.05, 0) is 31.0 Å². The van der Waals surface area contributed by atoms with Crippen LogP contribution in [0.1, 0.15) is 38.8 Å². The lowest BCUT2D eigenvalue weighted by molar-refractivity contribution is -0.0274. The lowest BCUT2D eigenvalue weighted by Gasteiger charge is -2.36. The van der Waals surface area contributed by atoms with E-state index >= 15 is 0 Å². The van der Waals surface area contributed by atoms with Gasteiger partial charge >= 0.3 is 10.3 Å². The summed E-state index contributed by atoms with van der Waals surface area (Å²) in [4.78, 5) is 0. The molecule has 23 heavy (non-hydrogen) atoms. The van der Waals surface area contributed by atoms with E-state index in [1.165, 1.54) is 0 Å². The third-order valence-electron chi connectivity index (χ3n) is 4.13. The molecular formula is C16H25NO5S. The van der Waals surface area contributed by atoms with Gasteiger partial charge in [-0.1, -0.05) is 26.0 Å². The van der Waals surface area contributed by atoms with Crippen LogP contribution >= 0.6 is 0 Å². The molecule has 0 amide bonds. The summed E-state index contributed by atoms with van der Waals surface area (Å²) in [6.45, 7) is 8.49. The summed E-state index contributed by atoms with van der Waals surface area (Å²) in [6, 6.07) is 6.02. The number of hydrogen-bond acceptors (Lipinski definition) is 4. The van der Waals surface area contributed by atoms with Crippen LogP contribution in [0.2, 0.25) is 0 Å². The maximum atomic E-state index is 11.0. The summed E-state index contributed by atoms with van der Waals surface area (Å²) >= 11 is 0. The van der Waals surface area contributed by atoms with Crippen LogP contribution < -0.4 is 9.46 Å². The summed E-state index contributed by atoms with van der Waals surface area (Å²) in [7, 11) is -4.26. The van der Waals surface area contributed by atoms with Crippen LogP contribution in [0.15, 0.2) is 18.2 Å². The minimum absolute atomic E-state index is 0.00238. The molecule has 6 nitrogen and oxygen atoms in total. The SMILES string of the molecule is CC(C)OC(CNS(=O)(=O)O)C(C)(C)c1ccc2c(c1)CCO2. The molecule has 0 radical (unpaired) electrons. The van der Waals surface area contributed by atoms with Crippen LogP contribution in [0.25, 0.3) is 0 Å². The normalized spacial score (nSPS) is 16.3. The Balaban J connectivity index is 2.26. The lowest BCUT2D eigenvalue weighted by Crippen LogP contribution is -2.45. The Labute approximate surface area is 138 Å². The Bertz CT molecular complexity index is 654. The zero-order valence-corrected chi connectivity index (χ0v) is 14.8. The van der Waals surface area contributed by atoms with E-state index < -0.39 is 21.8 Å². The number of nitrogens with one attached hydrogen (secondary N) is 1. The fourth-order valence-electron chi connectivity index (χ4n) is 2.76. The van der Waals surface area contributed by atoms with E-state index in [4.69, 9.17) is 14.0 Å². The maximum Gasteiger partial charge on any atom is 0.333 e. The molecule has 1 unspecified atom stereocenters. The fourth-order valence-corrected chi connectivity index (χ4v) is 3.12. The highest BCUT2D eigenvalue weighted by molar-refractivity contribution is 7.83. The molecule has 0 saturated heterocycles. The van der Waals surface area contributed by atoms with Crippen molar-refractivity contribution >= 4 is 10.3 Å². The van der Waals surface area contributed by atoms with Crippen LogP contribution in [0, 0.1) is 0 Å². The standard InChI is InChI=1S/C16H25NO5S/c1-11(2)22-15(10-17-23(18,19)20)16(3,4)13-5-6-14-12(9-13)7-8-21-14/h5-6,9,11,15,17H,7-8,10H2,1-4H3,(H,18,19,20). The largest absolute Gasteiger partial charge is 0.493 e. The van der Waals surface area contributed by atoms with Gasteiger partial charge in [-0.15, -0.1) is 0 Å². The Morgan fingerprint density at radius 3 is 2.70 bits per heavy atom. The lowest BCUT2D eigenvalue weighted by atomic mass is 9.78. The second-order valence-corrected chi connectivity index (χ2v) is 7.88. The van der Waals surface area contributed by atoms with Gasteiger partial charge in [-0.2, -0.15) is 13.1 Å². The van der Waals surface area contributed by atoms with Gasteiger partial charge in [0, 0.05) is 18.4 Å². The average Bonchev–Trinajstić information content (AvgIpc) is 2.89. The van der Waals surface area contributed by atoms with E-state index in [2.05, 4.69) is 10.8 Å².